The Morgan fingerprint density at radius 1 is 0.800 bits per heavy atom. The van der Waals surface area contributed by atoms with Crippen LogP contribution in [0.15, 0.2) is 69.3 Å². The summed E-state index contributed by atoms with van der Waals surface area (Å²) in [6.45, 7) is 1.97. The van der Waals surface area contributed by atoms with Gasteiger partial charge >= 0.3 is 0 Å². The number of para-hydroxylation sites is 2. The van der Waals surface area contributed by atoms with Gasteiger partial charge in [0.2, 0.25) is 0 Å². The molecule has 0 spiro atoms. The summed E-state index contributed by atoms with van der Waals surface area (Å²) in [5.41, 5.74) is 5.16. The van der Waals surface area contributed by atoms with E-state index in [9.17, 15) is 5.11 Å². The lowest BCUT2D eigenvalue weighted by molar-refractivity contribution is 0.466. The number of nitrogens with zero attached hydrogens (tertiary/aromatic N) is 2. The molecule has 0 amide bonds. The second-order valence-electron chi connectivity index (χ2n) is 6.89. The molecule has 0 aliphatic carbocycles. The Bertz CT molecular complexity index is 1280. The van der Waals surface area contributed by atoms with Gasteiger partial charge in [-0.1, -0.05) is 59.9 Å². The molecule has 0 unspecified atom stereocenters. The molecule has 30 heavy (non-hydrogen) atoms. The summed E-state index contributed by atoms with van der Waals surface area (Å²) in [5.74, 6) is 1.92. The first-order valence-corrected chi connectivity index (χ1v) is 13.0. The van der Waals surface area contributed by atoms with Crippen molar-refractivity contribution in [2.75, 3.05) is 0 Å². The van der Waals surface area contributed by atoms with Gasteiger partial charge in [0, 0.05) is 17.1 Å². The van der Waals surface area contributed by atoms with E-state index in [0.29, 0.717) is 11.5 Å². The van der Waals surface area contributed by atoms with Crippen LogP contribution in [0, 0.1) is 6.92 Å². The first kappa shape index (κ1) is 19.9. The lowest BCUT2D eigenvalue weighted by Gasteiger charge is -2.10. The van der Waals surface area contributed by atoms with Crippen LogP contribution in [-0.4, -0.2) is 15.1 Å². The number of rotatable bonds is 6. The van der Waals surface area contributed by atoms with E-state index in [1.165, 1.54) is 15.0 Å². The number of benzene rings is 3. The molecule has 150 valence electrons. The molecule has 0 saturated carbocycles. The molecule has 2 aromatic heterocycles. The summed E-state index contributed by atoms with van der Waals surface area (Å²) in [4.78, 5) is 9.40. The molecule has 0 radical (unpaired) electrons. The maximum absolute atomic E-state index is 10.6. The third-order valence-corrected chi connectivity index (χ3v) is 9.18. The Balaban J connectivity index is 1.31. The molecule has 0 bridgehead atoms. The van der Waals surface area contributed by atoms with Crippen molar-refractivity contribution in [2.45, 2.75) is 27.1 Å². The maximum atomic E-state index is 10.6. The molecular formula is C23H18N2OS4. The van der Waals surface area contributed by atoms with E-state index in [2.05, 4.69) is 35.3 Å². The van der Waals surface area contributed by atoms with Crippen LogP contribution in [0.1, 0.15) is 16.7 Å². The first-order valence-electron chi connectivity index (χ1n) is 9.44. The third-order valence-electron chi connectivity index (χ3n) is 4.70. The summed E-state index contributed by atoms with van der Waals surface area (Å²) < 4.78 is 4.52. The van der Waals surface area contributed by atoms with E-state index >= 15 is 0 Å². The maximum Gasteiger partial charge on any atom is 0.151 e. The van der Waals surface area contributed by atoms with Crippen LogP contribution in [0.3, 0.4) is 0 Å². The highest BCUT2D eigenvalue weighted by atomic mass is 32.2. The fourth-order valence-corrected chi connectivity index (χ4v) is 7.28. The van der Waals surface area contributed by atoms with Crippen molar-refractivity contribution in [3.8, 4) is 5.75 Å². The van der Waals surface area contributed by atoms with Crippen LogP contribution < -0.4 is 0 Å². The van der Waals surface area contributed by atoms with Gasteiger partial charge in [-0.3, -0.25) is 0 Å². The van der Waals surface area contributed by atoms with Crippen molar-refractivity contribution in [1.29, 1.82) is 0 Å². The molecule has 5 rings (SSSR count). The Kier molecular flexibility index (Phi) is 5.69. The van der Waals surface area contributed by atoms with Crippen molar-refractivity contribution in [3.63, 3.8) is 0 Å². The second-order valence-corrected chi connectivity index (χ2v) is 11.4. The van der Waals surface area contributed by atoms with Crippen molar-refractivity contribution in [1.82, 2.24) is 9.97 Å². The predicted octanol–water partition coefficient (Wildman–Crippen LogP) is 7.50. The monoisotopic (exact) mass is 466 g/mol. The lowest BCUT2D eigenvalue weighted by atomic mass is 10.1. The van der Waals surface area contributed by atoms with Crippen molar-refractivity contribution in [2.24, 2.45) is 0 Å². The Morgan fingerprint density at radius 3 is 1.97 bits per heavy atom. The zero-order valence-corrected chi connectivity index (χ0v) is 19.4. The Morgan fingerprint density at radius 2 is 1.37 bits per heavy atom. The SMILES string of the molecule is Cc1cc(CSc2nc3ccccc3s2)cc(CSc2nc3ccccc3s2)c1O. The first-order chi connectivity index (χ1) is 14.7. The van der Waals surface area contributed by atoms with E-state index in [0.717, 1.165) is 36.6 Å². The van der Waals surface area contributed by atoms with E-state index < -0.39 is 0 Å². The predicted molar refractivity (Wildman–Crippen MR) is 131 cm³/mol. The average molecular weight is 467 g/mol. The summed E-state index contributed by atoms with van der Waals surface area (Å²) in [6.07, 6.45) is 0. The molecule has 0 atom stereocenters. The second kappa shape index (κ2) is 8.59. The fourth-order valence-electron chi connectivity index (χ4n) is 3.24. The van der Waals surface area contributed by atoms with Crippen molar-refractivity contribution >= 4 is 66.6 Å². The van der Waals surface area contributed by atoms with Crippen LogP contribution in [0.2, 0.25) is 0 Å². The number of aromatic hydroxyl groups is 1. The Hall–Kier alpha value is -2.06. The zero-order chi connectivity index (χ0) is 20.5. The summed E-state index contributed by atoms with van der Waals surface area (Å²) in [6, 6.07) is 20.6. The molecule has 0 aliphatic rings. The molecule has 0 saturated heterocycles. The van der Waals surface area contributed by atoms with E-state index in [1.807, 2.05) is 37.3 Å². The highest BCUT2D eigenvalue weighted by molar-refractivity contribution is 8.00. The van der Waals surface area contributed by atoms with Gasteiger partial charge in [0.1, 0.15) is 5.75 Å². The van der Waals surface area contributed by atoms with Gasteiger partial charge in [0.25, 0.3) is 0 Å². The summed E-state index contributed by atoms with van der Waals surface area (Å²) in [7, 11) is 0. The lowest BCUT2D eigenvalue weighted by Crippen LogP contribution is -1.90. The number of thioether (sulfide) groups is 2. The summed E-state index contributed by atoms with van der Waals surface area (Å²) >= 11 is 6.86. The molecule has 7 heteroatoms. The van der Waals surface area contributed by atoms with Crippen LogP contribution in [0.5, 0.6) is 5.75 Å². The van der Waals surface area contributed by atoms with E-state index in [-0.39, 0.29) is 0 Å². The molecule has 2 heterocycles. The van der Waals surface area contributed by atoms with Crippen LogP contribution >= 0.6 is 46.2 Å². The van der Waals surface area contributed by atoms with Gasteiger partial charge in [-0.2, -0.15) is 0 Å². The average Bonchev–Trinajstić information content (AvgIpc) is 3.36. The number of aromatic nitrogens is 2. The third kappa shape index (κ3) is 4.21. The van der Waals surface area contributed by atoms with Crippen molar-refractivity contribution in [3.05, 3.63) is 77.4 Å². The molecule has 1 N–H and O–H groups in total. The number of phenols is 1. The minimum absolute atomic E-state index is 0.386. The number of phenolic OH excluding ortho intramolecular Hbond substituents is 1. The van der Waals surface area contributed by atoms with Crippen LogP contribution in [-0.2, 0) is 11.5 Å². The van der Waals surface area contributed by atoms with E-state index in [4.69, 9.17) is 4.98 Å². The van der Waals surface area contributed by atoms with Gasteiger partial charge in [0.05, 0.1) is 20.4 Å². The molecule has 5 aromatic rings. The fraction of sp³-hybridized carbons (Fsp3) is 0.130. The Labute approximate surface area is 191 Å². The number of fused-ring (bicyclic) bond motifs is 2. The van der Waals surface area contributed by atoms with Crippen LogP contribution in [0.25, 0.3) is 20.4 Å². The standard InChI is InChI=1S/C23H18N2OS4/c1-14-10-15(12-27-22-24-17-6-2-4-8-19(17)29-22)11-16(21(14)26)13-28-23-25-18-7-3-5-9-20(18)30-23/h2-11,26H,12-13H2,1H3. The highest BCUT2D eigenvalue weighted by Gasteiger charge is 2.11. The van der Waals surface area contributed by atoms with E-state index in [1.54, 1.807) is 46.2 Å². The van der Waals surface area contributed by atoms with Crippen LogP contribution in [0.4, 0.5) is 0 Å². The number of thiazole rings is 2. The largest absolute Gasteiger partial charge is 0.507 e. The molecular weight excluding hydrogens is 449 g/mol. The minimum atomic E-state index is 0.386. The van der Waals surface area contributed by atoms with Gasteiger partial charge < -0.3 is 5.11 Å². The normalized spacial score (nSPS) is 11.5. The van der Waals surface area contributed by atoms with Gasteiger partial charge in [-0.05, 0) is 42.3 Å². The zero-order valence-electron chi connectivity index (χ0n) is 16.2. The van der Waals surface area contributed by atoms with Gasteiger partial charge in [0.15, 0.2) is 8.68 Å². The minimum Gasteiger partial charge on any atom is -0.507 e. The molecule has 3 aromatic carbocycles. The molecule has 0 fully saturated rings. The topological polar surface area (TPSA) is 46.0 Å². The smallest absolute Gasteiger partial charge is 0.151 e. The quantitative estimate of drug-likeness (QED) is 0.262. The molecule has 3 nitrogen and oxygen atoms in total. The summed E-state index contributed by atoms with van der Waals surface area (Å²) in [5, 5.41) is 10.6. The van der Waals surface area contributed by atoms with Gasteiger partial charge in [-0.15, -0.1) is 22.7 Å². The number of hydrogen-bond donors (Lipinski definition) is 1. The number of aryl methyl sites for hydroxylation is 1. The molecule has 0 aliphatic heterocycles. The van der Waals surface area contributed by atoms with Gasteiger partial charge in [-0.25, -0.2) is 9.97 Å². The highest BCUT2D eigenvalue weighted by Crippen LogP contribution is 2.36. The van der Waals surface area contributed by atoms with Crippen molar-refractivity contribution < 1.29 is 5.11 Å². The number of hydrogen-bond acceptors (Lipinski definition) is 7.